The second-order valence-corrected chi connectivity index (χ2v) is 8.72. The standard InChI is InChI=1S/C23H47B/c1-6-13-21(4)15-9-11-18-23(24)19-12-10-17-22(5)16-8-7-14-20(2)3/h20-23H,6-19H2,1-5H3/i2D. The first kappa shape index (κ1) is 22.1. The predicted octanol–water partition coefficient (Wildman–Crippen LogP) is 8.35. The summed E-state index contributed by atoms with van der Waals surface area (Å²) in [5, 5.41) is 0. The monoisotopic (exact) mass is 335 g/mol. The summed E-state index contributed by atoms with van der Waals surface area (Å²) in [6.45, 7) is 9.87. The van der Waals surface area contributed by atoms with E-state index in [1.54, 1.807) is 0 Å². The van der Waals surface area contributed by atoms with Gasteiger partial charge in [-0.25, -0.2) is 0 Å². The van der Waals surface area contributed by atoms with E-state index in [0.29, 0.717) is 18.6 Å². The van der Waals surface area contributed by atoms with Crippen molar-refractivity contribution in [2.45, 2.75) is 130 Å². The van der Waals surface area contributed by atoms with Crippen molar-refractivity contribution in [2.24, 2.45) is 17.8 Å². The molecule has 0 aliphatic heterocycles. The molecule has 4 unspecified atom stereocenters. The fourth-order valence-electron chi connectivity index (χ4n) is 3.71. The van der Waals surface area contributed by atoms with Crippen LogP contribution in [0.2, 0.25) is 5.82 Å². The minimum atomic E-state index is 0.433. The summed E-state index contributed by atoms with van der Waals surface area (Å²) in [6, 6.07) is 0. The van der Waals surface area contributed by atoms with Gasteiger partial charge in [0, 0.05) is 1.37 Å². The lowest BCUT2D eigenvalue weighted by molar-refractivity contribution is 0.420. The van der Waals surface area contributed by atoms with Gasteiger partial charge in [-0.3, -0.25) is 0 Å². The molecule has 142 valence electrons. The van der Waals surface area contributed by atoms with E-state index in [1.165, 1.54) is 89.9 Å². The van der Waals surface area contributed by atoms with Crippen molar-refractivity contribution < 1.29 is 1.37 Å². The molecule has 24 heavy (non-hydrogen) atoms. The van der Waals surface area contributed by atoms with Crippen LogP contribution in [-0.4, -0.2) is 7.85 Å². The van der Waals surface area contributed by atoms with E-state index in [9.17, 15) is 0 Å². The van der Waals surface area contributed by atoms with Gasteiger partial charge in [-0.2, -0.15) is 0 Å². The Kier molecular flexibility index (Phi) is 15.2. The molecule has 0 aromatic carbocycles. The second kappa shape index (κ2) is 16.5. The lowest BCUT2D eigenvalue weighted by atomic mass is 9.78. The molecule has 0 aliphatic rings. The summed E-state index contributed by atoms with van der Waals surface area (Å²) >= 11 is 0. The third-order valence-electron chi connectivity index (χ3n) is 5.47. The zero-order chi connectivity index (χ0) is 18.9. The average molecular weight is 335 g/mol. The molecular weight excluding hydrogens is 287 g/mol. The lowest BCUT2D eigenvalue weighted by Gasteiger charge is -2.15. The van der Waals surface area contributed by atoms with Crippen LogP contribution in [-0.2, 0) is 0 Å². The number of rotatable bonds is 17. The molecule has 0 bridgehead atoms. The molecular formula is C23H47B. The van der Waals surface area contributed by atoms with E-state index in [1.807, 2.05) is 0 Å². The van der Waals surface area contributed by atoms with Gasteiger partial charge < -0.3 is 0 Å². The third-order valence-corrected chi connectivity index (χ3v) is 5.47. The normalized spacial score (nSPS) is 17.2. The van der Waals surface area contributed by atoms with E-state index in [0.717, 1.165) is 11.8 Å². The Balaban J connectivity index is 3.42. The Bertz CT molecular complexity index is 269. The summed E-state index contributed by atoms with van der Waals surface area (Å²) in [7, 11) is 6.29. The smallest absolute Gasteiger partial charge is 0.0699 e. The maximum atomic E-state index is 7.35. The second-order valence-electron chi connectivity index (χ2n) is 8.72. The first-order valence-corrected chi connectivity index (χ1v) is 11.0. The van der Waals surface area contributed by atoms with Crippen molar-refractivity contribution in [3.05, 3.63) is 0 Å². The van der Waals surface area contributed by atoms with E-state index in [4.69, 9.17) is 9.22 Å². The SMILES string of the molecule is [2H]CC(C)CCCCC(C)CCCCC([B])CCCCC(C)CCC. The van der Waals surface area contributed by atoms with Gasteiger partial charge in [-0.05, 0) is 17.8 Å². The van der Waals surface area contributed by atoms with Crippen LogP contribution in [0.1, 0.15) is 126 Å². The Hall–Kier alpha value is 0.0649. The molecule has 0 saturated heterocycles. The molecule has 0 aromatic heterocycles. The molecule has 0 N–H and O–H groups in total. The van der Waals surface area contributed by atoms with Gasteiger partial charge in [-0.1, -0.05) is 130 Å². The Morgan fingerprint density at radius 2 is 1.08 bits per heavy atom. The largest absolute Gasteiger partial charge is 0.0774 e. The third kappa shape index (κ3) is 16.9. The summed E-state index contributed by atoms with van der Waals surface area (Å²) in [5.41, 5.74) is 0. The van der Waals surface area contributed by atoms with Crippen molar-refractivity contribution in [3.63, 3.8) is 0 Å². The summed E-state index contributed by atoms with van der Waals surface area (Å²) < 4.78 is 7.35. The Morgan fingerprint density at radius 3 is 1.54 bits per heavy atom. The van der Waals surface area contributed by atoms with Crippen molar-refractivity contribution in [1.29, 1.82) is 0 Å². The van der Waals surface area contributed by atoms with Crippen LogP contribution in [0.4, 0.5) is 0 Å². The number of unbranched alkanes of at least 4 members (excludes halogenated alkanes) is 3. The maximum Gasteiger partial charge on any atom is 0.0699 e. The molecule has 4 atom stereocenters. The van der Waals surface area contributed by atoms with Crippen LogP contribution in [0.5, 0.6) is 0 Å². The minimum absolute atomic E-state index is 0.433. The van der Waals surface area contributed by atoms with Crippen LogP contribution in [0.15, 0.2) is 0 Å². The summed E-state index contributed by atoms with van der Waals surface area (Å²) in [4.78, 5) is 0. The van der Waals surface area contributed by atoms with E-state index in [2.05, 4.69) is 27.7 Å². The number of hydrogen-bond acceptors (Lipinski definition) is 0. The van der Waals surface area contributed by atoms with Gasteiger partial charge >= 0.3 is 0 Å². The Labute approximate surface area is 157 Å². The number of hydrogen-bond donors (Lipinski definition) is 0. The molecule has 0 fully saturated rings. The highest BCUT2D eigenvalue weighted by Crippen LogP contribution is 2.23. The van der Waals surface area contributed by atoms with Gasteiger partial charge in [0.1, 0.15) is 0 Å². The highest BCUT2D eigenvalue weighted by atomic mass is 14.1. The van der Waals surface area contributed by atoms with Gasteiger partial charge in [-0.15, -0.1) is 0 Å². The van der Waals surface area contributed by atoms with Gasteiger partial charge in [0.05, 0.1) is 7.85 Å². The van der Waals surface area contributed by atoms with E-state index >= 15 is 0 Å². The molecule has 0 aliphatic carbocycles. The molecule has 0 aromatic rings. The van der Waals surface area contributed by atoms with Gasteiger partial charge in [0.2, 0.25) is 0 Å². The summed E-state index contributed by atoms with van der Waals surface area (Å²) in [6.07, 6.45) is 18.5. The van der Waals surface area contributed by atoms with Crippen molar-refractivity contribution in [3.8, 4) is 0 Å². The van der Waals surface area contributed by atoms with Crippen molar-refractivity contribution in [1.82, 2.24) is 0 Å². The zero-order valence-electron chi connectivity index (χ0n) is 18.5. The van der Waals surface area contributed by atoms with Crippen LogP contribution >= 0.6 is 0 Å². The predicted molar refractivity (Wildman–Crippen MR) is 113 cm³/mol. The first-order valence-electron chi connectivity index (χ1n) is 11.7. The Morgan fingerprint density at radius 1 is 0.667 bits per heavy atom. The molecule has 0 amide bonds. The molecule has 2 radical (unpaired) electrons. The van der Waals surface area contributed by atoms with Crippen LogP contribution < -0.4 is 0 Å². The van der Waals surface area contributed by atoms with Crippen LogP contribution in [0.25, 0.3) is 0 Å². The topological polar surface area (TPSA) is 0 Å². The fourth-order valence-corrected chi connectivity index (χ4v) is 3.71. The van der Waals surface area contributed by atoms with Gasteiger partial charge in [0.15, 0.2) is 0 Å². The first-order chi connectivity index (χ1) is 12.0. The lowest BCUT2D eigenvalue weighted by Crippen LogP contribution is -1.98. The zero-order valence-corrected chi connectivity index (χ0v) is 17.5. The van der Waals surface area contributed by atoms with Crippen LogP contribution in [0.3, 0.4) is 0 Å². The highest BCUT2D eigenvalue weighted by Gasteiger charge is 2.06. The van der Waals surface area contributed by atoms with E-state index in [-0.39, 0.29) is 0 Å². The average Bonchev–Trinajstić information content (AvgIpc) is 2.59. The molecule has 0 nitrogen and oxygen atoms in total. The molecule has 0 heterocycles. The minimum Gasteiger partial charge on any atom is -0.0774 e. The van der Waals surface area contributed by atoms with Gasteiger partial charge in [0.25, 0.3) is 0 Å². The van der Waals surface area contributed by atoms with Crippen LogP contribution in [0, 0.1) is 17.8 Å². The molecule has 0 rings (SSSR count). The van der Waals surface area contributed by atoms with Crippen molar-refractivity contribution >= 4 is 7.85 Å². The highest BCUT2D eigenvalue weighted by molar-refractivity contribution is 6.11. The van der Waals surface area contributed by atoms with E-state index < -0.39 is 0 Å². The maximum absolute atomic E-state index is 7.35. The molecule has 1 heteroatoms. The fraction of sp³-hybridized carbons (Fsp3) is 1.00. The quantitative estimate of drug-likeness (QED) is 0.185. The molecule has 0 saturated carbocycles. The van der Waals surface area contributed by atoms with Crippen molar-refractivity contribution in [2.75, 3.05) is 0 Å². The molecule has 0 spiro atoms. The summed E-state index contributed by atoms with van der Waals surface area (Å²) in [5.74, 6) is 2.79.